The Morgan fingerprint density at radius 3 is 2.14 bits per heavy atom. The molecule has 0 aromatic heterocycles. The van der Waals surface area contributed by atoms with E-state index >= 15 is 0 Å². The van der Waals surface area contributed by atoms with E-state index < -0.39 is 53.8 Å². The van der Waals surface area contributed by atoms with E-state index in [4.69, 9.17) is 20.9 Å². The molecule has 1 heterocycles. The predicted octanol–water partition coefficient (Wildman–Crippen LogP) is 1.85. The molecule has 0 unspecified atom stereocenters. The van der Waals surface area contributed by atoms with Gasteiger partial charge >= 0.3 is 5.97 Å². The molecule has 308 valence electrons. The van der Waals surface area contributed by atoms with Gasteiger partial charge in [0.05, 0.1) is 7.11 Å². The van der Waals surface area contributed by atoms with Gasteiger partial charge in [0.25, 0.3) is 5.91 Å². The minimum Gasteiger partial charge on any atom is -0.493 e. The Balaban J connectivity index is 1.80. The van der Waals surface area contributed by atoms with Crippen molar-refractivity contribution in [1.82, 2.24) is 26.6 Å². The number of aliphatic carboxylic acids is 1. The molecule has 16 heteroatoms. The maximum atomic E-state index is 14.0. The van der Waals surface area contributed by atoms with Crippen LogP contribution in [0.1, 0.15) is 82.1 Å². The van der Waals surface area contributed by atoms with Gasteiger partial charge in [-0.15, -0.1) is 0 Å². The summed E-state index contributed by atoms with van der Waals surface area (Å²) in [7, 11) is 1.48. The molecule has 1 saturated heterocycles. The summed E-state index contributed by atoms with van der Waals surface area (Å²) >= 11 is 0. The maximum Gasteiger partial charge on any atom is 0.326 e. The number of benzene rings is 2. The molecule has 0 spiro atoms. The fourth-order valence-corrected chi connectivity index (χ4v) is 6.26. The molecule has 0 bridgehead atoms. The molecule has 1 aliphatic rings. The number of hydrogen-bond donors (Lipinski definition) is 8. The van der Waals surface area contributed by atoms with Crippen LogP contribution in [0.25, 0.3) is 0 Å². The highest BCUT2D eigenvalue weighted by Crippen LogP contribution is 2.30. The van der Waals surface area contributed by atoms with Crippen LogP contribution >= 0.6 is 0 Å². The number of carbonyl (C=O) groups excluding carboxylic acids is 4. The summed E-state index contributed by atoms with van der Waals surface area (Å²) in [5.41, 5.74) is 11.9. The number of methoxy groups -OCH3 is 1. The van der Waals surface area contributed by atoms with Crippen molar-refractivity contribution in [2.24, 2.45) is 28.3 Å². The first-order valence-corrected chi connectivity index (χ1v) is 19.3. The van der Waals surface area contributed by atoms with Gasteiger partial charge in [-0.3, -0.25) is 24.2 Å². The monoisotopic (exact) mass is 780 g/mol. The topological polar surface area (TPSA) is 249 Å². The minimum atomic E-state index is -1.24. The zero-order valence-electron chi connectivity index (χ0n) is 33.1. The molecule has 0 aliphatic carbocycles. The summed E-state index contributed by atoms with van der Waals surface area (Å²) in [4.78, 5) is 71.2. The number of nitrogens with one attached hydrogen (secondary N) is 5. The highest BCUT2D eigenvalue weighted by molar-refractivity contribution is 5.99. The van der Waals surface area contributed by atoms with E-state index in [0.717, 1.165) is 31.5 Å². The lowest BCUT2D eigenvalue weighted by molar-refractivity contribution is -0.142. The third-order valence-electron chi connectivity index (χ3n) is 9.60. The number of nitrogens with zero attached hydrogens (tertiary/aromatic N) is 1. The summed E-state index contributed by atoms with van der Waals surface area (Å²) < 4.78 is 11.7. The number of carboxylic acid groups (broad SMARTS) is 1. The molecule has 16 nitrogen and oxygen atoms in total. The van der Waals surface area contributed by atoms with Gasteiger partial charge in [0.2, 0.25) is 17.7 Å². The van der Waals surface area contributed by atoms with Crippen LogP contribution in [0.15, 0.2) is 53.5 Å². The second-order valence-electron chi connectivity index (χ2n) is 14.6. The molecule has 4 amide bonds. The number of guanidine groups is 1. The van der Waals surface area contributed by atoms with E-state index in [1.165, 1.54) is 7.11 Å². The summed E-state index contributed by atoms with van der Waals surface area (Å²) in [6, 6.07) is 9.18. The van der Waals surface area contributed by atoms with Crippen LogP contribution in [0.2, 0.25) is 0 Å². The van der Waals surface area contributed by atoms with Crippen molar-refractivity contribution in [3.05, 3.63) is 59.7 Å². The normalized spacial score (nSPS) is 15.6. The molecule has 3 rings (SSSR count). The Labute approximate surface area is 329 Å². The summed E-state index contributed by atoms with van der Waals surface area (Å²) in [6.07, 6.45) is 2.90. The van der Waals surface area contributed by atoms with Crippen LogP contribution in [0.4, 0.5) is 0 Å². The van der Waals surface area contributed by atoms with Gasteiger partial charge in [-0.05, 0) is 80.8 Å². The molecular weight excluding hydrogens is 720 g/mol. The molecule has 10 N–H and O–H groups in total. The number of hydrogen-bond acceptors (Lipinski definition) is 9. The predicted molar refractivity (Wildman–Crippen MR) is 213 cm³/mol. The molecule has 0 radical (unpaired) electrons. The zero-order chi connectivity index (χ0) is 41.2. The fraction of sp³-hybridized carbons (Fsp3) is 0.550. The van der Waals surface area contributed by atoms with E-state index in [0.29, 0.717) is 24.3 Å². The minimum absolute atomic E-state index is 0.00949. The van der Waals surface area contributed by atoms with Crippen LogP contribution in [0, 0.1) is 11.8 Å². The van der Waals surface area contributed by atoms with Crippen molar-refractivity contribution in [3.8, 4) is 11.5 Å². The Kier molecular flexibility index (Phi) is 18.4. The fourth-order valence-electron chi connectivity index (χ4n) is 6.26. The average Bonchev–Trinajstić information content (AvgIpc) is 3.17. The van der Waals surface area contributed by atoms with Crippen molar-refractivity contribution in [2.75, 3.05) is 26.7 Å². The smallest absolute Gasteiger partial charge is 0.326 e. The average molecular weight is 781 g/mol. The van der Waals surface area contributed by atoms with Gasteiger partial charge in [-0.2, -0.15) is 0 Å². The lowest BCUT2D eigenvalue weighted by Gasteiger charge is -2.29. The Morgan fingerprint density at radius 1 is 0.875 bits per heavy atom. The molecule has 1 fully saturated rings. The SMILES string of the molecule is CC[C@H](C)[C@H](NC(=O)[C@H](CC(C)C)NC(=O)[C@H](CCCN=C(N)N)NC(=O)c1ccc(OC2CCNCC2)c(OC)c1)C(=O)N[C@@H](Cc1ccccc1)C(=O)O. The van der Waals surface area contributed by atoms with Crippen LogP contribution in [-0.4, -0.2) is 97.7 Å². The van der Waals surface area contributed by atoms with Gasteiger partial charge in [-0.1, -0.05) is 64.4 Å². The van der Waals surface area contributed by atoms with E-state index in [2.05, 4.69) is 31.6 Å². The first-order valence-electron chi connectivity index (χ1n) is 19.3. The Hall–Kier alpha value is -5.38. The number of rotatable bonds is 22. The lowest BCUT2D eigenvalue weighted by Crippen LogP contribution is -2.59. The quantitative estimate of drug-likeness (QED) is 0.0487. The standard InChI is InChI=1S/C40H60N8O8/c1-6-25(4)34(38(52)47-31(39(53)54)22-26-11-8-7-9-12-26)48-37(51)30(21-24(2)3)46-36(50)29(13-10-18-44-40(41)42)45-35(49)27-14-15-32(33(23-27)55-5)56-28-16-19-43-20-17-28/h7-9,11-12,14-15,23-25,28-31,34,43H,6,10,13,16-22H2,1-5H3,(H,45,49)(H,46,50)(H,47,52)(H,48,51)(H,53,54)(H4,41,42,44)/t25-,29-,30-,31-,34-/m0/s1. The van der Waals surface area contributed by atoms with Crippen LogP contribution in [-0.2, 0) is 25.6 Å². The number of carbonyl (C=O) groups is 5. The van der Waals surface area contributed by atoms with Gasteiger partial charge in [0.15, 0.2) is 17.5 Å². The van der Waals surface area contributed by atoms with E-state index in [-0.39, 0.29) is 55.3 Å². The molecule has 56 heavy (non-hydrogen) atoms. The van der Waals surface area contributed by atoms with E-state index in [9.17, 15) is 29.1 Å². The number of ether oxygens (including phenoxy) is 2. The van der Waals surface area contributed by atoms with E-state index in [1.807, 2.05) is 26.8 Å². The summed E-state index contributed by atoms with van der Waals surface area (Å²) in [6.45, 7) is 9.27. The highest BCUT2D eigenvalue weighted by Gasteiger charge is 2.34. The molecule has 0 saturated carbocycles. The van der Waals surface area contributed by atoms with Crippen LogP contribution in [0.5, 0.6) is 11.5 Å². The maximum absolute atomic E-state index is 14.0. The first kappa shape index (κ1) is 45.0. The molecule has 5 atom stereocenters. The third-order valence-corrected chi connectivity index (χ3v) is 9.60. The van der Waals surface area contributed by atoms with Crippen molar-refractivity contribution >= 4 is 35.6 Å². The summed E-state index contributed by atoms with van der Waals surface area (Å²) in [5.74, 6) is -3.35. The highest BCUT2D eigenvalue weighted by atomic mass is 16.5. The van der Waals surface area contributed by atoms with Crippen molar-refractivity contribution in [2.45, 2.75) is 103 Å². The van der Waals surface area contributed by atoms with Gasteiger partial charge < -0.3 is 52.6 Å². The number of amides is 4. The molecular formula is C40H60N8O8. The lowest BCUT2D eigenvalue weighted by atomic mass is 9.96. The number of piperidine rings is 1. The largest absolute Gasteiger partial charge is 0.493 e. The molecule has 2 aromatic carbocycles. The van der Waals surface area contributed by atoms with Gasteiger partial charge in [0, 0.05) is 18.5 Å². The van der Waals surface area contributed by atoms with E-state index in [1.54, 1.807) is 49.4 Å². The Morgan fingerprint density at radius 2 is 1.54 bits per heavy atom. The molecule has 1 aliphatic heterocycles. The second-order valence-corrected chi connectivity index (χ2v) is 14.6. The van der Waals surface area contributed by atoms with Crippen molar-refractivity contribution in [1.29, 1.82) is 0 Å². The van der Waals surface area contributed by atoms with Crippen molar-refractivity contribution < 1.29 is 38.6 Å². The van der Waals surface area contributed by atoms with Crippen molar-refractivity contribution in [3.63, 3.8) is 0 Å². The first-order chi connectivity index (χ1) is 26.7. The molecule has 2 aromatic rings. The zero-order valence-corrected chi connectivity index (χ0v) is 33.1. The number of nitrogens with two attached hydrogens (primary N) is 2. The van der Waals surface area contributed by atoms with Gasteiger partial charge in [0.1, 0.15) is 30.3 Å². The van der Waals surface area contributed by atoms with Crippen LogP contribution < -0.4 is 47.5 Å². The third kappa shape index (κ3) is 14.7. The van der Waals surface area contributed by atoms with Crippen LogP contribution in [0.3, 0.4) is 0 Å². The summed E-state index contributed by atoms with van der Waals surface area (Å²) in [5, 5.41) is 24.2. The Bertz CT molecular complexity index is 1630. The van der Waals surface area contributed by atoms with Gasteiger partial charge in [-0.25, -0.2) is 4.79 Å². The number of carboxylic acids is 1. The second kappa shape index (κ2) is 22.9. The number of aliphatic imine (C=N–C) groups is 1.